The summed E-state index contributed by atoms with van der Waals surface area (Å²) in [6.07, 6.45) is 1.04. The molecule has 0 aliphatic rings. The van der Waals surface area contributed by atoms with E-state index >= 15 is 0 Å². The number of rotatable bonds is 6. The van der Waals surface area contributed by atoms with Crippen LogP contribution in [0.4, 0.5) is 5.69 Å². The molecule has 0 bridgehead atoms. The molecule has 0 saturated heterocycles. The number of nitrogens with zero attached hydrogens (tertiary/aromatic N) is 1. The maximum atomic E-state index is 10.5. The van der Waals surface area contributed by atoms with Crippen LogP contribution in [-0.4, -0.2) is 28.4 Å². The summed E-state index contributed by atoms with van der Waals surface area (Å²) in [5, 5.41) is 28.6. The van der Waals surface area contributed by atoms with Crippen molar-refractivity contribution in [2.75, 3.05) is 13.2 Å². The number of hydrogen-bond acceptors (Lipinski definition) is 4. The van der Waals surface area contributed by atoms with Gasteiger partial charge in [-0.2, -0.15) is 0 Å². The van der Waals surface area contributed by atoms with E-state index in [-0.39, 0.29) is 24.3 Å². The standard InChI is InChI=1S/C12H17NO4/c1-12(6-8-14,7-9-15)10-2-4-11(5-3-10)13(16)17/h2-5,14-15H,6-9H2,1H3. The molecule has 2 N–H and O–H groups in total. The van der Waals surface area contributed by atoms with Gasteiger partial charge in [-0.1, -0.05) is 19.1 Å². The maximum absolute atomic E-state index is 10.5. The van der Waals surface area contributed by atoms with Gasteiger partial charge in [-0.05, 0) is 23.8 Å². The molecule has 0 saturated carbocycles. The number of aliphatic hydroxyl groups is 2. The molecule has 0 radical (unpaired) electrons. The highest BCUT2D eigenvalue weighted by atomic mass is 16.6. The molecule has 5 heteroatoms. The van der Waals surface area contributed by atoms with Crippen molar-refractivity contribution in [3.63, 3.8) is 0 Å². The fourth-order valence-corrected chi connectivity index (χ4v) is 1.89. The van der Waals surface area contributed by atoms with Gasteiger partial charge in [0, 0.05) is 25.3 Å². The van der Waals surface area contributed by atoms with Crippen molar-refractivity contribution in [1.29, 1.82) is 0 Å². The first-order chi connectivity index (χ1) is 8.03. The molecular formula is C12H17NO4. The molecule has 17 heavy (non-hydrogen) atoms. The first-order valence-electron chi connectivity index (χ1n) is 5.50. The van der Waals surface area contributed by atoms with Crippen molar-refractivity contribution in [3.8, 4) is 0 Å². The van der Waals surface area contributed by atoms with Gasteiger partial charge in [-0.25, -0.2) is 0 Å². The summed E-state index contributed by atoms with van der Waals surface area (Å²) in [6, 6.07) is 6.26. The van der Waals surface area contributed by atoms with Gasteiger partial charge in [0.25, 0.3) is 5.69 Å². The molecule has 0 atom stereocenters. The second-order valence-corrected chi connectivity index (χ2v) is 4.31. The largest absolute Gasteiger partial charge is 0.396 e. The average Bonchev–Trinajstić information content (AvgIpc) is 2.30. The summed E-state index contributed by atoms with van der Waals surface area (Å²) in [6.45, 7) is 1.97. The molecule has 0 aliphatic carbocycles. The Morgan fingerprint density at radius 1 is 1.18 bits per heavy atom. The minimum absolute atomic E-state index is 0.0213. The Balaban J connectivity index is 2.98. The summed E-state index contributed by atoms with van der Waals surface area (Å²) in [7, 11) is 0. The van der Waals surface area contributed by atoms with Crippen molar-refractivity contribution in [1.82, 2.24) is 0 Å². The molecule has 1 aromatic carbocycles. The van der Waals surface area contributed by atoms with E-state index in [1.165, 1.54) is 12.1 Å². The van der Waals surface area contributed by atoms with Crippen LogP contribution in [0.15, 0.2) is 24.3 Å². The van der Waals surface area contributed by atoms with Crippen molar-refractivity contribution in [3.05, 3.63) is 39.9 Å². The highest BCUT2D eigenvalue weighted by Crippen LogP contribution is 2.31. The third-order valence-corrected chi connectivity index (χ3v) is 3.10. The summed E-state index contributed by atoms with van der Waals surface area (Å²) in [5.74, 6) is 0. The zero-order valence-corrected chi connectivity index (χ0v) is 9.80. The van der Waals surface area contributed by atoms with Gasteiger partial charge in [-0.15, -0.1) is 0 Å². The van der Waals surface area contributed by atoms with Crippen LogP contribution in [0.1, 0.15) is 25.3 Å². The Morgan fingerprint density at radius 3 is 2.00 bits per heavy atom. The van der Waals surface area contributed by atoms with Crippen molar-refractivity contribution < 1.29 is 15.1 Å². The van der Waals surface area contributed by atoms with E-state index in [1.807, 2.05) is 6.92 Å². The lowest BCUT2D eigenvalue weighted by atomic mass is 9.77. The van der Waals surface area contributed by atoms with E-state index in [0.29, 0.717) is 12.8 Å². The van der Waals surface area contributed by atoms with Gasteiger partial charge < -0.3 is 10.2 Å². The molecule has 0 amide bonds. The third kappa shape index (κ3) is 3.25. The summed E-state index contributed by atoms with van der Waals surface area (Å²) in [5.41, 5.74) is 0.592. The lowest BCUT2D eigenvalue weighted by Gasteiger charge is -2.28. The molecule has 0 unspecified atom stereocenters. The van der Waals surface area contributed by atoms with Gasteiger partial charge in [0.05, 0.1) is 4.92 Å². The fourth-order valence-electron chi connectivity index (χ4n) is 1.89. The molecule has 0 aromatic heterocycles. The van der Waals surface area contributed by atoms with Crippen LogP contribution in [0.5, 0.6) is 0 Å². The van der Waals surface area contributed by atoms with E-state index in [9.17, 15) is 10.1 Å². The number of nitro groups is 1. The number of hydrogen-bond donors (Lipinski definition) is 2. The minimum Gasteiger partial charge on any atom is -0.396 e. The van der Waals surface area contributed by atoms with Gasteiger partial charge >= 0.3 is 0 Å². The lowest BCUT2D eigenvalue weighted by molar-refractivity contribution is -0.384. The molecule has 1 aromatic rings. The Labute approximate surface area is 99.9 Å². The van der Waals surface area contributed by atoms with Crippen LogP contribution in [0.25, 0.3) is 0 Å². The first kappa shape index (κ1) is 13.6. The number of aliphatic hydroxyl groups excluding tert-OH is 2. The molecule has 1 rings (SSSR count). The number of benzene rings is 1. The van der Waals surface area contributed by atoms with Crippen LogP contribution >= 0.6 is 0 Å². The highest BCUT2D eigenvalue weighted by molar-refractivity contribution is 5.36. The molecule has 0 fully saturated rings. The van der Waals surface area contributed by atoms with Gasteiger partial charge in [-0.3, -0.25) is 10.1 Å². The van der Waals surface area contributed by atoms with Crippen molar-refractivity contribution in [2.45, 2.75) is 25.2 Å². The topological polar surface area (TPSA) is 83.6 Å². The number of non-ortho nitro benzene ring substituents is 1. The number of nitro benzene ring substituents is 1. The summed E-state index contributed by atoms with van der Waals surface area (Å²) >= 11 is 0. The summed E-state index contributed by atoms with van der Waals surface area (Å²) in [4.78, 5) is 10.1. The van der Waals surface area contributed by atoms with Crippen LogP contribution in [0, 0.1) is 10.1 Å². The predicted octanol–water partition coefficient (Wildman–Crippen LogP) is 1.62. The Hall–Kier alpha value is -1.46. The lowest BCUT2D eigenvalue weighted by Crippen LogP contribution is -2.25. The van der Waals surface area contributed by atoms with Crippen molar-refractivity contribution in [2.24, 2.45) is 0 Å². The van der Waals surface area contributed by atoms with Gasteiger partial charge in [0.1, 0.15) is 0 Å². The molecule has 94 valence electrons. The van der Waals surface area contributed by atoms with E-state index in [1.54, 1.807) is 12.1 Å². The smallest absolute Gasteiger partial charge is 0.269 e. The predicted molar refractivity (Wildman–Crippen MR) is 63.9 cm³/mol. The first-order valence-corrected chi connectivity index (χ1v) is 5.50. The fraction of sp³-hybridized carbons (Fsp3) is 0.500. The van der Waals surface area contributed by atoms with E-state index in [2.05, 4.69) is 0 Å². The Bertz CT molecular complexity index is 369. The zero-order valence-electron chi connectivity index (χ0n) is 9.80. The SMILES string of the molecule is CC(CCO)(CCO)c1ccc([N+](=O)[O-])cc1. The summed E-state index contributed by atoms with van der Waals surface area (Å²) < 4.78 is 0. The Morgan fingerprint density at radius 2 is 1.65 bits per heavy atom. The zero-order chi connectivity index (χ0) is 12.9. The normalized spacial score (nSPS) is 11.5. The quantitative estimate of drug-likeness (QED) is 0.583. The molecule has 0 aliphatic heterocycles. The Kier molecular flexibility index (Phi) is 4.60. The molecule has 0 spiro atoms. The molecule has 0 heterocycles. The average molecular weight is 239 g/mol. The van der Waals surface area contributed by atoms with Crippen LogP contribution in [-0.2, 0) is 5.41 Å². The second kappa shape index (κ2) is 5.75. The highest BCUT2D eigenvalue weighted by Gasteiger charge is 2.25. The monoisotopic (exact) mass is 239 g/mol. The minimum atomic E-state index is -0.445. The maximum Gasteiger partial charge on any atom is 0.269 e. The van der Waals surface area contributed by atoms with Crippen LogP contribution in [0.3, 0.4) is 0 Å². The van der Waals surface area contributed by atoms with Gasteiger partial charge in [0.15, 0.2) is 0 Å². The van der Waals surface area contributed by atoms with Crippen LogP contribution in [0.2, 0.25) is 0 Å². The van der Waals surface area contributed by atoms with Gasteiger partial charge in [0.2, 0.25) is 0 Å². The molecule has 5 nitrogen and oxygen atoms in total. The second-order valence-electron chi connectivity index (χ2n) is 4.31. The van der Waals surface area contributed by atoms with Crippen LogP contribution < -0.4 is 0 Å². The van der Waals surface area contributed by atoms with E-state index < -0.39 is 4.92 Å². The third-order valence-electron chi connectivity index (χ3n) is 3.10. The molecular weight excluding hydrogens is 222 g/mol. The van der Waals surface area contributed by atoms with E-state index in [0.717, 1.165) is 5.56 Å². The van der Waals surface area contributed by atoms with Crippen molar-refractivity contribution >= 4 is 5.69 Å². The van der Waals surface area contributed by atoms with E-state index in [4.69, 9.17) is 10.2 Å².